The van der Waals surface area contributed by atoms with Gasteiger partial charge >= 0.3 is 0 Å². The minimum absolute atomic E-state index is 0.268. The van der Waals surface area contributed by atoms with Crippen LogP contribution in [-0.2, 0) is 4.74 Å². The highest BCUT2D eigenvalue weighted by Gasteiger charge is 2.14. The van der Waals surface area contributed by atoms with E-state index in [9.17, 15) is 0 Å². The van der Waals surface area contributed by atoms with E-state index < -0.39 is 0 Å². The Bertz CT molecular complexity index is 333. The van der Waals surface area contributed by atoms with Crippen LogP contribution in [0.4, 0.5) is 0 Å². The summed E-state index contributed by atoms with van der Waals surface area (Å²) < 4.78 is 6.75. The first-order valence-electron chi connectivity index (χ1n) is 6.26. The topological polar surface area (TPSA) is 21.3 Å². The SMILES string of the molecule is CCCNC(COCC)c1cccc(C)c1Br. The monoisotopic (exact) mass is 299 g/mol. The van der Waals surface area contributed by atoms with Gasteiger partial charge in [-0.05, 0) is 37.9 Å². The molecule has 1 aromatic rings. The van der Waals surface area contributed by atoms with Gasteiger partial charge in [0.2, 0.25) is 0 Å². The van der Waals surface area contributed by atoms with Gasteiger partial charge in [0, 0.05) is 11.1 Å². The largest absolute Gasteiger partial charge is 0.380 e. The molecule has 0 radical (unpaired) electrons. The second-order valence-corrected chi connectivity index (χ2v) is 4.94. The summed E-state index contributed by atoms with van der Waals surface area (Å²) >= 11 is 3.67. The van der Waals surface area contributed by atoms with Gasteiger partial charge in [-0.25, -0.2) is 0 Å². The van der Waals surface area contributed by atoms with Gasteiger partial charge in [0.1, 0.15) is 0 Å². The van der Waals surface area contributed by atoms with E-state index in [4.69, 9.17) is 4.74 Å². The van der Waals surface area contributed by atoms with E-state index in [0.29, 0.717) is 0 Å². The lowest BCUT2D eigenvalue weighted by atomic mass is 10.0. The van der Waals surface area contributed by atoms with E-state index in [-0.39, 0.29) is 6.04 Å². The lowest BCUT2D eigenvalue weighted by Crippen LogP contribution is -2.26. The summed E-state index contributed by atoms with van der Waals surface area (Å²) in [7, 11) is 0. The lowest BCUT2D eigenvalue weighted by molar-refractivity contribution is 0.123. The molecule has 0 aliphatic heterocycles. The van der Waals surface area contributed by atoms with E-state index in [1.54, 1.807) is 0 Å². The Balaban J connectivity index is 2.83. The molecule has 2 nitrogen and oxygen atoms in total. The summed E-state index contributed by atoms with van der Waals surface area (Å²) in [5.74, 6) is 0. The van der Waals surface area contributed by atoms with Crippen LogP contribution in [-0.4, -0.2) is 19.8 Å². The minimum Gasteiger partial charge on any atom is -0.380 e. The predicted molar refractivity (Wildman–Crippen MR) is 76.4 cm³/mol. The van der Waals surface area contributed by atoms with Crippen LogP contribution in [0.25, 0.3) is 0 Å². The zero-order valence-electron chi connectivity index (χ0n) is 10.9. The molecule has 0 spiro atoms. The van der Waals surface area contributed by atoms with E-state index in [1.807, 2.05) is 6.92 Å². The van der Waals surface area contributed by atoms with Crippen molar-refractivity contribution in [1.82, 2.24) is 5.32 Å². The Morgan fingerprint density at radius 1 is 1.35 bits per heavy atom. The van der Waals surface area contributed by atoms with Crippen LogP contribution in [0.3, 0.4) is 0 Å². The molecule has 0 bridgehead atoms. The van der Waals surface area contributed by atoms with Gasteiger partial charge in [-0.1, -0.05) is 41.1 Å². The molecular weight excluding hydrogens is 278 g/mol. The molecule has 0 amide bonds. The third kappa shape index (κ3) is 4.41. The normalized spacial score (nSPS) is 12.7. The third-order valence-electron chi connectivity index (χ3n) is 2.73. The smallest absolute Gasteiger partial charge is 0.0661 e. The Hall–Kier alpha value is -0.380. The molecule has 0 aliphatic rings. The number of hydrogen-bond acceptors (Lipinski definition) is 2. The summed E-state index contributed by atoms with van der Waals surface area (Å²) in [6.07, 6.45) is 1.13. The molecule has 1 rings (SSSR count). The van der Waals surface area contributed by atoms with Crippen molar-refractivity contribution in [2.45, 2.75) is 33.2 Å². The van der Waals surface area contributed by atoms with Crippen LogP contribution in [0.15, 0.2) is 22.7 Å². The highest BCUT2D eigenvalue weighted by molar-refractivity contribution is 9.10. The van der Waals surface area contributed by atoms with Gasteiger partial charge in [0.15, 0.2) is 0 Å². The second kappa shape index (κ2) is 7.85. The summed E-state index contributed by atoms with van der Waals surface area (Å²) in [6, 6.07) is 6.64. The molecular formula is C14H22BrNO. The van der Waals surface area contributed by atoms with Gasteiger partial charge in [0.05, 0.1) is 12.6 Å². The molecule has 0 saturated heterocycles. The van der Waals surface area contributed by atoms with Crippen molar-refractivity contribution in [3.63, 3.8) is 0 Å². The fraction of sp³-hybridized carbons (Fsp3) is 0.571. The Morgan fingerprint density at radius 2 is 2.12 bits per heavy atom. The van der Waals surface area contributed by atoms with Crippen LogP contribution in [0.2, 0.25) is 0 Å². The van der Waals surface area contributed by atoms with Crippen molar-refractivity contribution < 1.29 is 4.74 Å². The third-order valence-corrected chi connectivity index (χ3v) is 3.81. The quantitative estimate of drug-likeness (QED) is 0.826. The molecule has 1 atom stereocenters. The summed E-state index contributed by atoms with van der Waals surface area (Å²) in [5.41, 5.74) is 2.55. The van der Waals surface area contributed by atoms with Crippen molar-refractivity contribution in [3.05, 3.63) is 33.8 Å². The first kappa shape index (κ1) is 14.7. The molecule has 17 heavy (non-hydrogen) atoms. The molecule has 0 heterocycles. The predicted octanol–water partition coefficient (Wildman–Crippen LogP) is 3.83. The standard InChI is InChI=1S/C14H22BrNO/c1-4-9-16-13(10-17-5-2)12-8-6-7-11(3)14(12)15/h6-8,13,16H,4-5,9-10H2,1-3H3. The molecule has 3 heteroatoms. The number of nitrogens with one attached hydrogen (secondary N) is 1. The van der Waals surface area contributed by atoms with Gasteiger partial charge in [-0.15, -0.1) is 0 Å². The Kier molecular flexibility index (Phi) is 6.78. The van der Waals surface area contributed by atoms with E-state index in [1.165, 1.54) is 15.6 Å². The molecule has 0 aromatic heterocycles. The van der Waals surface area contributed by atoms with E-state index in [0.717, 1.165) is 26.2 Å². The summed E-state index contributed by atoms with van der Waals surface area (Å²) in [4.78, 5) is 0. The van der Waals surface area contributed by atoms with Gasteiger partial charge in [0.25, 0.3) is 0 Å². The maximum Gasteiger partial charge on any atom is 0.0661 e. The van der Waals surface area contributed by atoms with E-state index >= 15 is 0 Å². The maximum absolute atomic E-state index is 5.56. The number of hydrogen-bond donors (Lipinski definition) is 1. The number of ether oxygens (including phenoxy) is 1. The van der Waals surface area contributed by atoms with E-state index in [2.05, 4.69) is 53.3 Å². The van der Waals surface area contributed by atoms with Crippen LogP contribution >= 0.6 is 15.9 Å². The maximum atomic E-state index is 5.56. The first-order chi connectivity index (χ1) is 8.20. The fourth-order valence-corrected chi connectivity index (χ4v) is 2.29. The van der Waals surface area contributed by atoms with Crippen molar-refractivity contribution in [2.24, 2.45) is 0 Å². The zero-order valence-corrected chi connectivity index (χ0v) is 12.5. The zero-order chi connectivity index (χ0) is 12.7. The highest BCUT2D eigenvalue weighted by atomic mass is 79.9. The van der Waals surface area contributed by atoms with Crippen molar-refractivity contribution in [3.8, 4) is 0 Å². The van der Waals surface area contributed by atoms with Crippen LogP contribution in [0, 0.1) is 6.92 Å². The molecule has 0 saturated carbocycles. The van der Waals surface area contributed by atoms with Gasteiger partial charge < -0.3 is 10.1 Å². The van der Waals surface area contributed by atoms with Gasteiger partial charge in [-0.3, -0.25) is 0 Å². The molecule has 1 unspecified atom stereocenters. The van der Waals surface area contributed by atoms with Crippen LogP contribution in [0.1, 0.15) is 37.4 Å². The second-order valence-electron chi connectivity index (χ2n) is 4.14. The number of rotatable bonds is 7. The van der Waals surface area contributed by atoms with Crippen LogP contribution in [0.5, 0.6) is 0 Å². The highest BCUT2D eigenvalue weighted by Crippen LogP contribution is 2.26. The Labute approximate surface area is 113 Å². The average Bonchev–Trinajstić information content (AvgIpc) is 2.34. The number of halogens is 1. The lowest BCUT2D eigenvalue weighted by Gasteiger charge is -2.21. The minimum atomic E-state index is 0.268. The molecule has 0 aliphatic carbocycles. The Morgan fingerprint density at radius 3 is 2.76 bits per heavy atom. The number of benzene rings is 1. The van der Waals surface area contributed by atoms with Crippen molar-refractivity contribution >= 4 is 15.9 Å². The fourth-order valence-electron chi connectivity index (χ4n) is 1.75. The summed E-state index contributed by atoms with van der Waals surface area (Å²) in [5, 5.41) is 3.53. The summed E-state index contributed by atoms with van der Waals surface area (Å²) in [6.45, 7) is 8.81. The average molecular weight is 300 g/mol. The molecule has 0 fully saturated rings. The first-order valence-corrected chi connectivity index (χ1v) is 7.06. The molecule has 1 N–H and O–H groups in total. The number of aryl methyl sites for hydroxylation is 1. The van der Waals surface area contributed by atoms with Crippen LogP contribution < -0.4 is 5.32 Å². The van der Waals surface area contributed by atoms with Gasteiger partial charge in [-0.2, -0.15) is 0 Å². The van der Waals surface area contributed by atoms with Crippen molar-refractivity contribution in [1.29, 1.82) is 0 Å². The van der Waals surface area contributed by atoms with Crippen molar-refractivity contribution in [2.75, 3.05) is 19.8 Å². The molecule has 96 valence electrons. The molecule has 1 aromatic carbocycles.